The van der Waals surface area contributed by atoms with Crippen molar-refractivity contribution in [2.24, 2.45) is 0 Å². The highest BCUT2D eigenvalue weighted by molar-refractivity contribution is 5.79. The molecular weight excluding hydrogens is 380 g/mol. The van der Waals surface area contributed by atoms with Crippen LogP contribution in [0.3, 0.4) is 0 Å². The first-order valence-electron chi connectivity index (χ1n) is 11.0. The number of nitrogens with zero attached hydrogens (tertiary/aromatic N) is 4. The lowest BCUT2D eigenvalue weighted by Gasteiger charge is -2.30. The number of aryl methyl sites for hydroxylation is 1. The molecule has 0 saturated carbocycles. The third-order valence-electron chi connectivity index (χ3n) is 6.46. The number of ether oxygens (including phenoxy) is 1. The average Bonchev–Trinajstić information content (AvgIpc) is 3.42. The third kappa shape index (κ3) is 3.77. The minimum Gasteiger partial charge on any atom is -0.376 e. The zero-order valence-electron chi connectivity index (χ0n) is 17.4. The zero-order chi connectivity index (χ0) is 20.5. The number of piperidine rings is 1. The van der Waals surface area contributed by atoms with Crippen molar-refractivity contribution in [2.75, 3.05) is 19.7 Å². The Morgan fingerprint density at radius 3 is 2.90 bits per heavy atom. The van der Waals surface area contributed by atoms with Gasteiger partial charge in [-0.05, 0) is 72.5 Å². The molecule has 0 bridgehead atoms. The quantitative estimate of drug-likeness (QED) is 0.660. The highest BCUT2D eigenvalue weighted by atomic mass is 16.5. The van der Waals surface area contributed by atoms with Crippen LogP contribution in [0.1, 0.15) is 55.1 Å². The van der Waals surface area contributed by atoms with Crippen LogP contribution in [0, 0.1) is 6.92 Å². The van der Waals surface area contributed by atoms with Crippen molar-refractivity contribution >= 4 is 10.9 Å². The molecule has 2 N–H and O–H groups in total. The predicted octanol–water partition coefficient (Wildman–Crippen LogP) is 1.16. The second-order valence-corrected chi connectivity index (χ2v) is 8.65. The van der Waals surface area contributed by atoms with Crippen LogP contribution < -0.4 is 10.5 Å². The van der Waals surface area contributed by atoms with Crippen molar-refractivity contribution in [2.45, 2.75) is 57.7 Å². The van der Waals surface area contributed by atoms with Gasteiger partial charge >= 0.3 is 0 Å². The van der Waals surface area contributed by atoms with Gasteiger partial charge in [-0.25, -0.2) is 4.68 Å². The molecule has 1 aromatic carbocycles. The van der Waals surface area contributed by atoms with E-state index in [-0.39, 0.29) is 17.7 Å². The second-order valence-electron chi connectivity index (χ2n) is 8.65. The van der Waals surface area contributed by atoms with Gasteiger partial charge in [0.05, 0.1) is 31.3 Å². The number of aromatic nitrogens is 5. The lowest BCUT2D eigenvalue weighted by atomic mass is 10.00. The first-order chi connectivity index (χ1) is 14.7. The van der Waals surface area contributed by atoms with Gasteiger partial charge in [0, 0.05) is 12.1 Å². The first-order valence-corrected chi connectivity index (χ1v) is 11.0. The Labute approximate surface area is 175 Å². The van der Waals surface area contributed by atoms with Gasteiger partial charge in [-0.15, -0.1) is 5.10 Å². The van der Waals surface area contributed by atoms with Gasteiger partial charge in [0.1, 0.15) is 0 Å². The minimum atomic E-state index is -0.184. The number of H-pyrrole nitrogens is 1. The number of nitrogens with one attached hydrogen (secondary N) is 2. The summed E-state index contributed by atoms with van der Waals surface area (Å²) in [7, 11) is 0. The van der Waals surface area contributed by atoms with Gasteiger partial charge in [0.2, 0.25) is 5.82 Å². The van der Waals surface area contributed by atoms with E-state index < -0.39 is 0 Å². The lowest BCUT2D eigenvalue weighted by Crippen LogP contribution is -3.13. The van der Waals surface area contributed by atoms with E-state index in [2.05, 4.69) is 32.6 Å². The summed E-state index contributed by atoms with van der Waals surface area (Å²) in [5.74, 6) is 0.763. The number of rotatable bonds is 5. The fourth-order valence-electron chi connectivity index (χ4n) is 4.91. The van der Waals surface area contributed by atoms with Gasteiger partial charge in [-0.3, -0.25) is 4.79 Å². The van der Waals surface area contributed by atoms with Crippen molar-refractivity contribution in [3.63, 3.8) is 0 Å². The van der Waals surface area contributed by atoms with Crippen LogP contribution in [0.4, 0.5) is 0 Å². The van der Waals surface area contributed by atoms with E-state index in [1.807, 2.05) is 23.7 Å². The number of benzene rings is 1. The molecular formula is C22H29N6O2+. The Balaban J connectivity index is 1.59. The van der Waals surface area contributed by atoms with Crippen LogP contribution in [-0.2, 0) is 11.3 Å². The van der Waals surface area contributed by atoms with Crippen molar-refractivity contribution in [3.8, 4) is 0 Å². The Bertz CT molecular complexity index is 1080. The number of hydrogen-bond donors (Lipinski definition) is 2. The second kappa shape index (κ2) is 8.28. The van der Waals surface area contributed by atoms with E-state index >= 15 is 0 Å². The Morgan fingerprint density at radius 1 is 1.23 bits per heavy atom. The molecule has 0 unspecified atom stereocenters. The summed E-state index contributed by atoms with van der Waals surface area (Å²) in [6.45, 7) is 5.50. The average molecular weight is 410 g/mol. The first kappa shape index (κ1) is 19.4. The maximum absolute atomic E-state index is 13.2. The lowest BCUT2D eigenvalue weighted by molar-refractivity contribution is -0.931. The fourth-order valence-corrected chi connectivity index (χ4v) is 4.91. The SMILES string of the molecule is Cc1ccc2cc([C@H](c3nnnn3C[C@H]3CCCO3)[NH+]3CCCCC3)c(=O)[nH]c2c1. The predicted molar refractivity (Wildman–Crippen MR) is 112 cm³/mol. The van der Waals surface area contributed by atoms with Crippen molar-refractivity contribution < 1.29 is 9.64 Å². The summed E-state index contributed by atoms with van der Waals surface area (Å²) in [4.78, 5) is 17.7. The molecule has 0 spiro atoms. The van der Waals surface area contributed by atoms with E-state index in [4.69, 9.17) is 4.74 Å². The van der Waals surface area contributed by atoms with E-state index in [9.17, 15) is 4.79 Å². The molecule has 2 atom stereocenters. The van der Waals surface area contributed by atoms with Gasteiger partial charge in [-0.1, -0.05) is 12.1 Å². The number of hydrogen-bond acceptors (Lipinski definition) is 5. The van der Waals surface area contributed by atoms with E-state index in [0.717, 1.165) is 73.2 Å². The number of pyridine rings is 1. The van der Waals surface area contributed by atoms with Crippen LogP contribution in [-0.4, -0.2) is 51.0 Å². The molecule has 4 heterocycles. The molecule has 8 heteroatoms. The molecule has 5 rings (SSSR count). The monoisotopic (exact) mass is 409 g/mol. The zero-order valence-corrected chi connectivity index (χ0v) is 17.4. The molecule has 0 aliphatic carbocycles. The number of quaternary nitrogens is 1. The summed E-state index contributed by atoms with van der Waals surface area (Å²) in [5, 5.41) is 13.7. The Kier molecular flexibility index (Phi) is 5.35. The van der Waals surface area contributed by atoms with E-state index in [1.165, 1.54) is 11.3 Å². The Morgan fingerprint density at radius 2 is 2.10 bits per heavy atom. The minimum absolute atomic E-state index is 0.0529. The van der Waals surface area contributed by atoms with Crippen LogP contribution in [0.25, 0.3) is 10.9 Å². The maximum Gasteiger partial charge on any atom is 0.258 e. The van der Waals surface area contributed by atoms with Gasteiger partial charge in [0.25, 0.3) is 5.56 Å². The topological polar surface area (TPSA) is 90.1 Å². The van der Waals surface area contributed by atoms with Crippen LogP contribution in [0.5, 0.6) is 0 Å². The summed E-state index contributed by atoms with van der Waals surface area (Å²) < 4.78 is 7.68. The van der Waals surface area contributed by atoms with Crippen molar-refractivity contribution in [1.29, 1.82) is 0 Å². The van der Waals surface area contributed by atoms with Crippen LogP contribution in [0.15, 0.2) is 29.1 Å². The smallest absolute Gasteiger partial charge is 0.258 e. The normalized spacial score (nSPS) is 21.3. The van der Waals surface area contributed by atoms with Crippen LogP contribution in [0.2, 0.25) is 0 Å². The molecule has 2 aromatic heterocycles. The molecule has 2 aliphatic rings. The summed E-state index contributed by atoms with van der Waals surface area (Å²) in [6.07, 6.45) is 5.79. The molecule has 8 nitrogen and oxygen atoms in total. The highest BCUT2D eigenvalue weighted by Gasteiger charge is 2.35. The third-order valence-corrected chi connectivity index (χ3v) is 6.46. The molecule has 158 valence electrons. The summed E-state index contributed by atoms with van der Waals surface area (Å²) in [5.41, 5.74) is 2.69. The molecule has 30 heavy (non-hydrogen) atoms. The largest absolute Gasteiger partial charge is 0.376 e. The molecule has 0 amide bonds. The van der Waals surface area contributed by atoms with Crippen LogP contribution >= 0.6 is 0 Å². The molecule has 0 radical (unpaired) electrons. The van der Waals surface area contributed by atoms with Gasteiger partial charge in [0.15, 0.2) is 6.04 Å². The fraction of sp³-hybridized carbons (Fsp3) is 0.545. The molecule has 3 aromatic rings. The van der Waals surface area contributed by atoms with Gasteiger partial charge < -0.3 is 14.6 Å². The number of tetrazole rings is 1. The number of likely N-dealkylation sites (tertiary alicyclic amines) is 1. The van der Waals surface area contributed by atoms with Gasteiger partial charge in [-0.2, -0.15) is 0 Å². The van der Waals surface area contributed by atoms with E-state index in [1.54, 1.807) is 0 Å². The highest BCUT2D eigenvalue weighted by Crippen LogP contribution is 2.21. The van der Waals surface area contributed by atoms with Crippen molar-refractivity contribution in [1.82, 2.24) is 25.2 Å². The summed E-state index contributed by atoms with van der Waals surface area (Å²) >= 11 is 0. The molecule has 2 fully saturated rings. The number of aromatic amines is 1. The Hall–Kier alpha value is -2.58. The summed E-state index contributed by atoms with van der Waals surface area (Å²) in [6, 6.07) is 8.02. The molecule has 2 aliphatic heterocycles. The maximum atomic E-state index is 13.2. The number of fused-ring (bicyclic) bond motifs is 1. The van der Waals surface area contributed by atoms with Crippen molar-refractivity contribution in [3.05, 3.63) is 51.6 Å². The van der Waals surface area contributed by atoms with E-state index in [0.29, 0.717) is 6.54 Å². The standard InChI is InChI=1S/C22H28N6O2/c1-15-7-8-16-13-18(22(29)23-19(16)12-15)20(27-9-3-2-4-10-27)21-24-25-26-28(21)14-17-6-5-11-30-17/h7-8,12-13,17,20H,2-6,9-11,14H2,1H3,(H,23,29)/p+1/t17-,20-/m1/s1. The molecule has 2 saturated heterocycles.